The highest BCUT2D eigenvalue weighted by Gasteiger charge is 2.26. The van der Waals surface area contributed by atoms with Crippen molar-refractivity contribution < 1.29 is 13.3 Å². The number of nitrogens with one attached hydrogen (secondary N) is 1. The Balaban J connectivity index is 3.31. The molecule has 23 heavy (non-hydrogen) atoms. The summed E-state index contributed by atoms with van der Waals surface area (Å²) in [6.45, 7) is 10.0. The highest BCUT2D eigenvalue weighted by atomic mass is 32.2. The van der Waals surface area contributed by atoms with E-state index in [2.05, 4.69) is 5.32 Å². The zero-order valence-corrected chi connectivity index (χ0v) is 15.1. The second-order valence-corrected chi connectivity index (χ2v) is 7.64. The molecule has 8 heteroatoms. The van der Waals surface area contributed by atoms with E-state index >= 15 is 0 Å². The molecular formula is C15H25N3O4S. The molecule has 0 unspecified atom stereocenters. The first-order chi connectivity index (χ1) is 10.6. The molecule has 0 aromatic heterocycles. The normalized spacial score (nSPS) is 13.3. The Morgan fingerprint density at radius 3 is 2.22 bits per heavy atom. The van der Waals surface area contributed by atoms with Crippen molar-refractivity contribution in [1.29, 1.82) is 0 Å². The molecule has 0 bridgehead atoms. The monoisotopic (exact) mass is 343 g/mol. The molecular weight excluding hydrogens is 318 g/mol. The number of anilines is 1. The van der Waals surface area contributed by atoms with Gasteiger partial charge in [-0.15, -0.1) is 0 Å². The van der Waals surface area contributed by atoms with E-state index in [0.29, 0.717) is 18.8 Å². The number of nitro benzene ring substituents is 1. The molecule has 0 aliphatic heterocycles. The fraction of sp³-hybridized carbons (Fsp3) is 0.600. The number of nitrogens with zero attached hydrogens (tertiary/aromatic N) is 2. The maximum absolute atomic E-state index is 12.5. The zero-order valence-electron chi connectivity index (χ0n) is 14.2. The van der Waals surface area contributed by atoms with E-state index in [1.807, 2.05) is 20.8 Å². The molecule has 0 saturated heterocycles. The first kappa shape index (κ1) is 19.4. The van der Waals surface area contributed by atoms with Gasteiger partial charge in [-0.3, -0.25) is 10.1 Å². The molecule has 0 heterocycles. The average Bonchev–Trinajstić information content (AvgIpc) is 2.47. The SMILES string of the molecule is CCN(CC)S(=O)(=O)c1ccc(N[C@@H](C)C(C)C)c([N+](=O)[O-])c1. The lowest BCUT2D eigenvalue weighted by molar-refractivity contribution is -0.384. The number of benzene rings is 1. The minimum atomic E-state index is -3.72. The first-order valence-corrected chi connectivity index (χ1v) is 9.14. The van der Waals surface area contributed by atoms with Crippen LogP contribution in [-0.2, 0) is 10.0 Å². The van der Waals surface area contributed by atoms with Crippen LogP contribution in [0.25, 0.3) is 0 Å². The van der Waals surface area contributed by atoms with Crippen LogP contribution in [0.4, 0.5) is 11.4 Å². The molecule has 1 N–H and O–H groups in total. The van der Waals surface area contributed by atoms with Gasteiger partial charge in [-0.1, -0.05) is 27.7 Å². The van der Waals surface area contributed by atoms with E-state index in [1.54, 1.807) is 13.8 Å². The van der Waals surface area contributed by atoms with Crippen LogP contribution in [-0.4, -0.2) is 36.8 Å². The summed E-state index contributed by atoms with van der Waals surface area (Å²) in [6.07, 6.45) is 0. The number of hydrogen-bond acceptors (Lipinski definition) is 5. The fourth-order valence-corrected chi connectivity index (χ4v) is 3.55. The lowest BCUT2D eigenvalue weighted by atomic mass is 10.1. The Morgan fingerprint density at radius 2 is 1.78 bits per heavy atom. The van der Waals surface area contributed by atoms with Crippen molar-refractivity contribution in [2.75, 3.05) is 18.4 Å². The lowest BCUT2D eigenvalue weighted by Gasteiger charge is -2.20. The van der Waals surface area contributed by atoms with Crippen LogP contribution in [0, 0.1) is 16.0 Å². The summed E-state index contributed by atoms with van der Waals surface area (Å²) in [6, 6.07) is 4.03. The van der Waals surface area contributed by atoms with Crippen LogP contribution in [0.1, 0.15) is 34.6 Å². The summed E-state index contributed by atoms with van der Waals surface area (Å²) in [7, 11) is -3.72. The van der Waals surface area contributed by atoms with Gasteiger partial charge in [-0.05, 0) is 25.0 Å². The molecule has 0 amide bonds. The summed E-state index contributed by atoms with van der Waals surface area (Å²) in [5, 5.41) is 14.4. The van der Waals surface area contributed by atoms with Gasteiger partial charge in [0.25, 0.3) is 5.69 Å². The quantitative estimate of drug-likeness (QED) is 0.578. The maximum atomic E-state index is 12.5. The third-order valence-corrected chi connectivity index (χ3v) is 5.94. The second-order valence-electron chi connectivity index (χ2n) is 5.70. The van der Waals surface area contributed by atoms with Gasteiger partial charge in [0.2, 0.25) is 10.0 Å². The van der Waals surface area contributed by atoms with Crippen molar-refractivity contribution in [2.45, 2.75) is 45.6 Å². The van der Waals surface area contributed by atoms with Crippen molar-refractivity contribution in [2.24, 2.45) is 5.92 Å². The molecule has 0 spiro atoms. The number of sulfonamides is 1. The van der Waals surface area contributed by atoms with Crippen molar-refractivity contribution in [1.82, 2.24) is 4.31 Å². The van der Waals surface area contributed by atoms with Crippen molar-refractivity contribution in [3.63, 3.8) is 0 Å². The van der Waals surface area contributed by atoms with Gasteiger partial charge in [0.15, 0.2) is 0 Å². The zero-order chi connectivity index (χ0) is 17.8. The van der Waals surface area contributed by atoms with Crippen LogP contribution < -0.4 is 5.32 Å². The molecule has 1 aromatic rings. The highest BCUT2D eigenvalue weighted by molar-refractivity contribution is 7.89. The van der Waals surface area contributed by atoms with E-state index in [9.17, 15) is 18.5 Å². The smallest absolute Gasteiger partial charge is 0.293 e. The Morgan fingerprint density at radius 1 is 1.22 bits per heavy atom. The van der Waals surface area contributed by atoms with Crippen molar-refractivity contribution in [3.05, 3.63) is 28.3 Å². The van der Waals surface area contributed by atoms with Crippen LogP contribution in [0.3, 0.4) is 0 Å². The van der Waals surface area contributed by atoms with Gasteiger partial charge in [-0.25, -0.2) is 8.42 Å². The van der Waals surface area contributed by atoms with E-state index in [-0.39, 0.29) is 22.5 Å². The maximum Gasteiger partial charge on any atom is 0.293 e. The Hall–Kier alpha value is -1.67. The third kappa shape index (κ3) is 4.42. The molecule has 7 nitrogen and oxygen atoms in total. The second kappa shape index (κ2) is 7.74. The fourth-order valence-electron chi connectivity index (χ4n) is 2.07. The molecule has 0 aliphatic rings. The standard InChI is InChI=1S/C15H25N3O4S/c1-6-17(7-2)23(21,22)13-8-9-14(15(10-13)18(19)20)16-12(5)11(3)4/h8-12,16H,6-7H2,1-5H3/t12-/m0/s1. The highest BCUT2D eigenvalue weighted by Crippen LogP contribution is 2.30. The predicted octanol–water partition coefficient (Wildman–Crippen LogP) is 3.08. The minimum absolute atomic E-state index is 0.0268. The summed E-state index contributed by atoms with van der Waals surface area (Å²) in [5.41, 5.74) is 0.0976. The molecule has 130 valence electrons. The average molecular weight is 343 g/mol. The first-order valence-electron chi connectivity index (χ1n) is 7.70. The lowest BCUT2D eigenvalue weighted by Crippen LogP contribution is -2.30. The number of hydrogen-bond donors (Lipinski definition) is 1. The number of nitro groups is 1. The topological polar surface area (TPSA) is 92.6 Å². The van der Waals surface area contributed by atoms with Crippen molar-refractivity contribution >= 4 is 21.4 Å². The van der Waals surface area contributed by atoms with Crippen LogP contribution in [0.15, 0.2) is 23.1 Å². The van der Waals surface area contributed by atoms with E-state index in [0.717, 1.165) is 6.07 Å². The Kier molecular flexibility index (Phi) is 6.52. The minimum Gasteiger partial charge on any atom is -0.377 e. The Bertz CT molecular complexity index is 655. The molecule has 0 aliphatic carbocycles. The largest absolute Gasteiger partial charge is 0.377 e. The van der Waals surface area contributed by atoms with Gasteiger partial charge >= 0.3 is 0 Å². The third-order valence-electron chi connectivity index (χ3n) is 3.89. The molecule has 0 radical (unpaired) electrons. The summed E-state index contributed by atoms with van der Waals surface area (Å²) < 4.78 is 26.3. The van der Waals surface area contributed by atoms with Gasteiger partial charge < -0.3 is 5.32 Å². The van der Waals surface area contributed by atoms with Gasteiger partial charge in [0.05, 0.1) is 9.82 Å². The molecule has 1 aromatic carbocycles. The van der Waals surface area contributed by atoms with Crippen LogP contribution in [0.2, 0.25) is 0 Å². The van der Waals surface area contributed by atoms with Gasteiger partial charge in [0, 0.05) is 25.2 Å². The van der Waals surface area contributed by atoms with Gasteiger partial charge in [-0.2, -0.15) is 4.31 Å². The van der Waals surface area contributed by atoms with Crippen LogP contribution in [0.5, 0.6) is 0 Å². The van der Waals surface area contributed by atoms with Crippen LogP contribution >= 0.6 is 0 Å². The van der Waals surface area contributed by atoms with E-state index < -0.39 is 14.9 Å². The predicted molar refractivity (Wildman–Crippen MR) is 91.1 cm³/mol. The summed E-state index contributed by atoms with van der Waals surface area (Å²) in [4.78, 5) is 10.7. The number of rotatable bonds is 8. The molecule has 1 atom stereocenters. The molecule has 0 saturated carbocycles. The molecule has 0 fully saturated rings. The van der Waals surface area contributed by atoms with Crippen molar-refractivity contribution in [3.8, 4) is 0 Å². The van der Waals surface area contributed by atoms with E-state index in [1.165, 1.54) is 16.4 Å². The Labute approximate surface area is 137 Å². The molecule has 1 rings (SSSR count). The van der Waals surface area contributed by atoms with Gasteiger partial charge in [0.1, 0.15) is 5.69 Å². The summed E-state index contributed by atoms with van der Waals surface area (Å²) >= 11 is 0. The summed E-state index contributed by atoms with van der Waals surface area (Å²) in [5.74, 6) is 0.286. The van der Waals surface area contributed by atoms with E-state index in [4.69, 9.17) is 0 Å².